The lowest BCUT2D eigenvalue weighted by atomic mass is 10.0. The summed E-state index contributed by atoms with van der Waals surface area (Å²) in [6.45, 7) is 4.23. The Hall–Kier alpha value is -2.37. The molecular formula is C19H19Cl2N3O2. The number of nitrogens with zero attached hydrogens (tertiary/aromatic N) is 1. The zero-order chi connectivity index (χ0) is 19.1. The highest BCUT2D eigenvalue weighted by Gasteiger charge is 2.10. The number of hydrogen-bond acceptors (Lipinski definition) is 3. The quantitative estimate of drug-likeness (QED) is 0.429. The Morgan fingerprint density at radius 1 is 1.04 bits per heavy atom. The largest absolute Gasteiger partial charge is 0.326 e. The molecule has 0 radical (unpaired) electrons. The molecule has 0 aromatic heterocycles. The number of carbonyl (C=O) groups is 2. The van der Waals surface area contributed by atoms with Crippen LogP contribution in [-0.4, -0.2) is 18.0 Å². The molecule has 0 spiro atoms. The maximum Gasteiger partial charge on any atom is 0.249 e. The lowest BCUT2D eigenvalue weighted by molar-refractivity contribution is -0.126. The number of anilines is 1. The van der Waals surface area contributed by atoms with E-state index in [1.54, 1.807) is 12.1 Å². The van der Waals surface area contributed by atoms with Crippen molar-refractivity contribution in [2.75, 3.05) is 5.32 Å². The zero-order valence-electron chi connectivity index (χ0n) is 14.4. The van der Waals surface area contributed by atoms with Crippen molar-refractivity contribution in [3.8, 4) is 0 Å². The molecule has 0 aliphatic carbocycles. The number of nitrogens with one attached hydrogen (secondary N) is 2. The summed E-state index contributed by atoms with van der Waals surface area (Å²) < 4.78 is 0. The molecule has 7 heteroatoms. The van der Waals surface area contributed by atoms with Gasteiger partial charge in [0.15, 0.2) is 0 Å². The summed E-state index contributed by atoms with van der Waals surface area (Å²) in [7, 11) is 0. The van der Waals surface area contributed by atoms with Gasteiger partial charge in [0.2, 0.25) is 11.8 Å². The first kappa shape index (κ1) is 19.9. The van der Waals surface area contributed by atoms with Crippen molar-refractivity contribution < 1.29 is 9.59 Å². The molecule has 0 atom stereocenters. The molecule has 0 aliphatic heterocycles. The second-order valence-electron chi connectivity index (χ2n) is 5.97. The monoisotopic (exact) mass is 391 g/mol. The number of hydrogen-bond donors (Lipinski definition) is 2. The molecule has 2 aromatic carbocycles. The molecule has 2 N–H and O–H groups in total. The van der Waals surface area contributed by atoms with E-state index < -0.39 is 11.8 Å². The molecule has 0 aliphatic rings. The number of amides is 2. The van der Waals surface area contributed by atoms with E-state index in [0.717, 1.165) is 5.56 Å². The summed E-state index contributed by atoms with van der Waals surface area (Å²) in [5.41, 5.74) is 4.88. The third-order valence-corrected chi connectivity index (χ3v) is 4.27. The maximum absolute atomic E-state index is 11.9. The minimum absolute atomic E-state index is 0.321. The molecule has 0 saturated heterocycles. The van der Waals surface area contributed by atoms with Crippen LogP contribution in [0.2, 0.25) is 10.0 Å². The second kappa shape index (κ2) is 9.36. The molecule has 136 valence electrons. The van der Waals surface area contributed by atoms with Gasteiger partial charge in [-0.1, -0.05) is 61.3 Å². The average Bonchev–Trinajstić information content (AvgIpc) is 2.58. The van der Waals surface area contributed by atoms with E-state index in [0.29, 0.717) is 21.7 Å². The Morgan fingerprint density at radius 3 is 2.35 bits per heavy atom. The van der Waals surface area contributed by atoms with E-state index in [1.807, 2.05) is 24.3 Å². The molecule has 26 heavy (non-hydrogen) atoms. The standard InChI is InChI=1S/C19H19Cl2N3O2/c1-12(2)14-5-3-13(4-6-14)11-22-24-19(26)10-18(25)23-15-7-8-16(20)17(21)9-15/h3-9,11-12H,10H2,1-2H3,(H,23,25)(H,24,26)/b22-11+. The van der Waals surface area contributed by atoms with E-state index in [1.165, 1.54) is 17.8 Å². The van der Waals surface area contributed by atoms with Crippen LogP contribution in [0, 0.1) is 0 Å². The van der Waals surface area contributed by atoms with Crippen molar-refractivity contribution in [3.63, 3.8) is 0 Å². The van der Waals surface area contributed by atoms with Crippen LogP contribution in [0.15, 0.2) is 47.6 Å². The summed E-state index contributed by atoms with van der Waals surface area (Å²) in [5.74, 6) is -0.537. The summed E-state index contributed by atoms with van der Waals surface area (Å²) in [5, 5.41) is 7.14. The smallest absolute Gasteiger partial charge is 0.249 e. The minimum atomic E-state index is -0.516. The van der Waals surface area contributed by atoms with Crippen molar-refractivity contribution in [2.45, 2.75) is 26.2 Å². The normalized spacial score (nSPS) is 11.0. The Balaban J connectivity index is 1.82. The fraction of sp³-hybridized carbons (Fsp3) is 0.211. The van der Waals surface area contributed by atoms with Gasteiger partial charge in [0.05, 0.1) is 16.3 Å². The Labute approximate surface area is 162 Å². The molecule has 0 saturated carbocycles. The lowest BCUT2D eigenvalue weighted by Gasteiger charge is -2.06. The van der Waals surface area contributed by atoms with Crippen molar-refractivity contribution in [1.82, 2.24) is 5.43 Å². The molecule has 0 unspecified atom stereocenters. The molecule has 2 aromatic rings. The molecule has 2 amide bonds. The summed E-state index contributed by atoms with van der Waals surface area (Å²) in [6, 6.07) is 12.5. The SMILES string of the molecule is CC(C)c1ccc(/C=N/NC(=O)CC(=O)Nc2ccc(Cl)c(Cl)c2)cc1. The van der Waals surface area contributed by atoms with E-state index in [2.05, 4.69) is 29.7 Å². The maximum atomic E-state index is 11.9. The van der Waals surface area contributed by atoms with Crippen LogP contribution in [0.1, 0.15) is 37.3 Å². The van der Waals surface area contributed by atoms with Crippen molar-refractivity contribution in [2.24, 2.45) is 5.10 Å². The van der Waals surface area contributed by atoms with E-state index >= 15 is 0 Å². The van der Waals surface area contributed by atoms with Crippen LogP contribution in [0.4, 0.5) is 5.69 Å². The molecule has 0 heterocycles. The van der Waals surface area contributed by atoms with Gasteiger partial charge >= 0.3 is 0 Å². The van der Waals surface area contributed by atoms with E-state index in [4.69, 9.17) is 23.2 Å². The Bertz CT molecular complexity index is 818. The molecule has 2 rings (SSSR count). The van der Waals surface area contributed by atoms with Crippen molar-refractivity contribution in [1.29, 1.82) is 0 Å². The van der Waals surface area contributed by atoms with Crippen LogP contribution in [0.25, 0.3) is 0 Å². The number of benzene rings is 2. The van der Waals surface area contributed by atoms with Gasteiger partial charge in [0, 0.05) is 5.69 Å². The second-order valence-corrected chi connectivity index (χ2v) is 6.78. The molecule has 0 bridgehead atoms. The summed E-state index contributed by atoms with van der Waals surface area (Å²) in [4.78, 5) is 23.6. The third-order valence-electron chi connectivity index (χ3n) is 3.53. The van der Waals surface area contributed by atoms with E-state index in [9.17, 15) is 9.59 Å². The van der Waals surface area contributed by atoms with Crippen LogP contribution in [0.3, 0.4) is 0 Å². The highest BCUT2D eigenvalue weighted by Crippen LogP contribution is 2.25. The number of halogens is 2. The lowest BCUT2D eigenvalue weighted by Crippen LogP contribution is -2.24. The molecule has 0 fully saturated rings. The van der Waals surface area contributed by atoms with Crippen LogP contribution >= 0.6 is 23.2 Å². The van der Waals surface area contributed by atoms with Gasteiger partial charge in [-0.05, 0) is 35.2 Å². The van der Waals surface area contributed by atoms with Gasteiger partial charge in [-0.3, -0.25) is 9.59 Å². The van der Waals surface area contributed by atoms with Crippen LogP contribution in [-0.2, 0) is 9.59 Å². The fourth-order valence-corrected chi connectivity index (χ4v) is 2.41. The first-order valence-electron chi connectivity index (χ1n) is 8.02. The zero-order valence-corrected chi connectivity index (χ0v) is 15.9. The Morgan fingerprint density at radius 2 is 1.73 bits per heavy atom. The number of rotatable bonds is 6. The number of carbonyl (C=O) groups excluding carboxylic acids is 2. The summed E-state index contributed by atoms with van der Waals surface area (Å²) in [6.07, 6.45) is 1.17. The van der Waals surface area contributed by atoms with E-state index in [-0.39, 0.29) is 6.42 Å². The van der Waals surface area contributed by atoms with Gasteiger partial charge in [-0.2, -0.15) is 5.10 Å². The van der Waals surface area contributed by atoms with Gasteiger partial charge in [-0.15, -0.1) is 0 Å². The number of hydrazone groups is 1. The first-order chi connectivity index (χ1) is 12.3. The predicted molar refractivity (Wildman–Crippen MR) is 106 cm³/mol. The summed E-state index contributed by atoms with van der Waals surface area (Å²) >= 11 is 11.7. The highest BCUT2D eigenvalue weighted by molar-refractivity contribution is 6.42. The van der Waals surface area contributed by atoms with Crippen LogP contribution < -0.4 is 10.7 Å². The average molecular weight is 392 g/mol. The minimum Gasteiger partial charge on any atom is -0.326 e. The van der Waals surface area contributed by atoms with Crippen LogP contribution in [0.5, 0.6) is 0 Å². The topological polar surface area (TPSA) is 70.6 Å². The molecular weight excluding hydrogens is 373 g/mol. The van der Waals surface area contributed by atoms with Gasteiger partial charge in [-0.25, -0.2) is 5.43 Å². The van der Waals surface area contributed by atoms with Gasteiger partial charge in [0.25, 0.3) is 0 Å². The van der Waals surface area contributed by atoms with Crippen molar-refractivity contribution in [3.05, 3.63) is 63.6 Å². The molecule has 5 nitrogen and oxygen atoms in total. The van der Waals surface area contributed by atoms with Gasteiger partial charge in [0.1, 0.15) is 6.42 Å². The first-order valence-corrected chi connectivity index (χ1v) is 8.77. The Kier molecular flexibility index (Phi) is 7.18. The van der Waals surface area contributed by atoms with Gasteiger partial charge < -0.3 is 5.32 Å². The van der Waals surface area contributed by atoms with Crippen molar-refractivity contribution >= 4 is 46.9 Å². The fourth-order valence-electron chi connectivity index (χ4n) is 2.11. The third kappa shape index (κ3) is 6.17. The predicted octanol–water partition coefficient (Wildman–Crippen LogP) is 4.60. The highest BCUT2D eigenvalue weighted by atomic mass is 35.5.